The lowest BCUT2D eigenvalue weighted by Crippen LogP contribution is -2.29. The molecule has 2 nitrogen and oxygen atoms in total. The minimum Gasteiger partial charge on any atom is -0.327 e. The lowest BCUT2D eigenvalue weighted by Gasteiger charge is -2.14. The molecule has 0 aliphatic rings. The van der Waals surface area contributed by atoms with Gasteiger partial charge in [0.1, 0.15) is 5.78 Å². The van der Waals surface area contributed by atoms with Crippen molar-refractivity contribution in [3.63, 3.8) is 0 Å². The molecule has 1 aromatic carbocycles. The Balaban J connectivity index is 2.59. The first-order valence-electron chi connectivity index (χ1n) is 5.61. The number of benzene rings is 1. The zero-order valence-corrected chi connectivity index (χ0v) is 10.0. The molecule has 1 unspecified atom stereocenters. The first-order valence-corrected chi connectivity index (χ1v) is 5.61. The summed E-state index contributed by atoms with van der Waals surface area (Å²) in [7, 11) is 0. The number of Topliss-reactive ketones (excluding diaryl/α,β-unsaturated/α-hetero) is 1. The summed E-state index contributed by atoms with van der Waals surface area (Å²) in [5.41, 5.74) is 6.25. The molecule has 0 heterocycles. The van der Waals surface area contributed by atoms with Crippen LogP contribution in [0.5, 0.6) is 0 Å². The molecule has 0 aromatic heterocycles. The molecule has 0 radical (unpaired) electrons. The van der Waals surface area contributed by atoms with Crippen LogP contribution >= 0.6 is 0 Å². The van der Waals surface area contributed by atoms with Gasteiger partial charge in [-0.25, -0.2) is 8.78 Å². The second-order valence-electron chi connectivity index (χ2n) is 4.58. The van der Waals surface area contributed by atoms with E-state index in [1.165, 1.54) is 6.07 Å². The van der Waals surface area contributed by atoms with Crippen molar-refractivity contribution in [1.29, 1.82) is 0 Å². The smallest absolute Gasteiger partial charge is 0.159 e. The molecule has 0 saturated carbocycles. The number of ketones is 1. The van der Waals surface area contributed by atoms with E-state index in [9.17, 15) is 13.6 Å². The molecule has 1 atom stereocenters. The first kappa shape index (κ1) is 13.8. The Morgan fingerprint density at radius 2 is 1.94 bits per heavy atom. The molecule has 0 aliphatic heterocycles. The van der Waals surface area contributed by atoms with E-state index in [1.54, 1.807) is 0 Å². The summed E-state index contributed by atoms with van der Waals surface area (Å²) in [6, 6.07) is 3.30. The maximum atomic E-state index is 12.9. The summed E-state index contributed by atoms with van der Waals surface area (Å²) >= 11 is 0. The van der Waals surface area contributed by atoms with Gasteiger partial charge in [-0.15, -0.1) is 0 Å². The molecular weight excluding hydrogens is 224 g/mol. The molecule has 0 spiro atoms. The maximum absolute atomic E-state index is 12.9. The molecule has 0 aliphatic carbocycles. The van der Waals surface area contributed by atoms with Crippen molar-refractivity contribution in [3.05, 3.63) is 35.4 Å². The Kier molecular flexibility index (Phi) is 4.75. The molecule has 1 aromatic rings. The number of hydrogen-bond acceptors (Lipinski definition) is 2. The highest BCUT2D eigenvalue weighted by atomic mass is 19.2. The van der Waals surface area contributed by atoms with Gasteiger partial charge in [0.25, 0.3) is 0 Å². The Morgan fingerprint density at radius 3 is 2.47 bits per heavy atom. The van der Waals surface area contributed by atoms with Crippen molar-refractivity contribution in [2.24, 2.45) is 11.7 Å². The third-order valence-electron chi connectivity index (χ3n) is 2.70. The van der Waals surface area contributed by atoms with Crippen molar-refractivity contribution in [2.45, 2.75) is 32.7 Å². The average Bonchev–Trinajstić information content (AvgIpc) is 2.23. The number of carbonyl (C=O) groups is 1. The molecule has 0 fully saturated rings. The SMILES string of the molecule is CC(C)C(N)CC(=O)Cc1ccc(F)c(F)c1. The van der Waals surface area contributed by atoms with Gasteiger partial charge in [0, 0.05) is 18.9 Å². The van der Waals surface area contributed by atoms with Gasteiger partial charge in [0.2, 0.25) is 0 Å². The first-order chi connectivity index (χ1) is 7.90. The van der Waals surface area contributed by atoms with Crippen LogP contribution in [0.1, 0.15) is 25.8 Å². The van der Waals surface area contributed by atoms with E-state index in [-0.39, 0.29) is 30.6 Å². The van der Waals surface area contributed by atoms with Crippen LogP contribution in [0.2, 0.25) is 0 Å². The lowest BCUT2D eigenvalue weighted by atomic mass is 9.97. The molecule has 0 bridgehead atoms. The number of carbonyl (C=O) groups excluding carboxylic acids is 1. The molecule has 4 heteroatoms. The second kappa shape index (κ2) is 5.87. The summed E-state index contributed by atoms with van der Waals surface area (Å²) in [4.78, 5) is 11.6. The summed E-state index contributed by atoms with van der Waals surface area (Å²) < 4.78 is 25.6. The van der Waals surface area contributed by atoms with Crippen molar-refractivity contribution >= 4 is 5.78 Å². The number of halogens is 2. The molecule has 2 N–H and O–H groups in total. The van der Waals surface area contributed by atoms with Gasteiger partial charge in [-0.2, -0.15) is 0 Å². The van der Waals surface area contributed by atoms with Crippen LogP contribution in [0.15, 0.2) is 18.2 Å². The fourth-order valence-corrected chi connectivity index (χ4v) is 1.45. The van der Waals surface area contributed by atoms with Gasteiger partial charge >= 0.3 is 0 Å². The van der Waals surface area contributed by atoms with E-state index in [0.29, 0.717) is 5.56 Å². The third-order valence-corrected chi connectivity index (χ3v) is 2.70. The van der Waals surface area contributed by atoms with Gasteiger partial charge in [0.15, 0.2) is 11.6 Å². The van der Waals surface area contributed by atoms with Crippen LogP contribution in [0, 0.1) is 17.6 Å². The topological polar surface area (TPSA) is 43.1 Å². The largest absolute Gasteiger partial charge is 0.327 e. The fraction of sp³-hybridized carbons (Fsp3) is 0.462. The predicted molar refractivity (Wildman–Crippen MR) is 62.5 cm³/mol. The fourth-order valence-electron chi connectivity index (χ4n) is 1.45. The van der Waals surface area contributed by atoms with Gasteiger partial charge in [0.05, 0.1) is 0 Å². The van der Waals surface area contributed by atoms with Crippen molar-refractivity contribution in [2.75, 3.05) is 0 Å². The Bertz CT molecular complexity index is 404. The molecule has 0 saturated heterocycles. The van der Waals surface area contributed by atoms with Crippen LogP contribution in [0.25, 0.3) is 0 Å². The Hall–Kier alpha value is -1.29. The van der Waals surface area contributed by atoms with Crippen molar-refractivity contribution in [3.8, 4) is 0 Å². The molecule has 0 amide bonds. The quantitative estimate of drug-likeness (QED) is 0.860. The van der Waals surface area contributed by atoms with Crippen LogP contribution < -0.4 is 5.73 Å². The zero-order chi connectivity index (χ0) is 13.0. The highest BCUT2D eigenvalue weighted by Gasteiger charge is 2.14. The second-order valence-corrected chi connectivity index (χ2v) is 4.58. The summed E-state index contributed by atoms with van der Waals surface area (Å²) in [6.45, 7) is 3.88. The lowest BCUT2D eigenvalue weighted by molar-refractivity contribution is -0.118. The normalized spacial score (nSPS) is 12.8. The third kappa shape index (κ3) is 4.23. The average molecular weight is 241 g/mol. The predicted octanol–water partition coefficient (Wildman–Crippen LogP) is 2.45. The van der Waals surface area contributed by atoms with E-state index in [4.69, 9.17) is 5.73 Å². The van der Waals surface area contributed by atoms with Gasteiger partial charge < -0.3 is 5.73 Å². The van der Waals surface area contributed by atoms with E-state index >= 15 is 0 Å². The summed E-state index contributed by atoms with van der Waals surface area (Å²) in [5, 5.41) is 0. The van der Waals surface area contributed by atoms with Crippen molar-refractivity contribution < 1.29 is 13.6 Å². The van der Waals surface area contributed by atoms with Crippen LogP contribution in [0.4, 0.5) is 8.78 Å². The standard InChI is InChI=1S/C13H17F2NO/c1-8(2)13(16)7-10(17)5-9-3-4-11(14)12(15)6-9/h3-4,6,8,13H,5,7,16H2,1-2H3. The summed E-state index contributed by atoms with van der Waals surface area (Å²) in [5.74, 6) is -1.66. The van der Waals surface area contributed by atoms with Gasteiger partial charge in [-0.3, -0.25) is 4.79 Å². The minimum absolute atomic E-state index is 0.0581. The zero-order valence-electron chi connectivity index (χ0n) is 10.0. The number of hydrogen-bond donors (Lipinski definition) is 1. The highest BCUT2D eigenvalue weighted by Crippen LogP contribution is 2.11. The number of nitrogens with two attached hydrogens (primary N) is 1. The minimum atomic E-state index is -0.927. The Labute approximate surface area is 99.8 Å². The van der Waals surface area contributed by atoms with E-state index in [1.807, 2.05) is 13.8 Å². The molecular formula is C13H17F2NO. The van der Waals surface area contributed by atoms with Gasteiger partial charge in [-0.1, -0.05) is 19.9 Å². The van der Waals surface area contributed by atoms with Crippen molar-refractivity contribution in [1.82, 2.24) is 0 Å². The van der Waals surface area contributed by atoms with E-state index in [2.05, 4.69) is 0 Å². The van der Waals surface area contributed by atoms with Crippen LogP contribution in [-0.4, -0.2) is 11.8 Å². The molecule has 94 valence electrons. The summed E-state index contributed by atoms with van der Waals surface area (Å²) in [6.07, 6.45) is 0.355. The molecule has 1 rings (SSSR count). The van der Waals surface area contributed by atoms with Crippen LogP contribution in [-0.2, 0) is 11.2 Å². The monoisotopic (exact) mass is 241 g/mol. The van der Waals surface area contributed by atoms with E-state index in [0.717, 1.165) is 12.1 Å². The Morgan fingerprint density at radius 1 is 1.29 bits per heavy atom. The highest BCUT2D eigenvalue weighted by molar-refractivity contribution is 5.81. The molecule has 17 heavy (non-hydrogen) atoms. The number of rotatable bonds is 5. The van der Waals surface area contributed by atoms with E-state index < -0.39 is 11.6 Å². The van der Waals surface area contributed by atoms with Gasteiger partial charge in [-0.05, 0) is 23.6 Å². The van der Waals surface area contributed by atoms with Crippen LogP contribution in [0.3, 0.4) is 0 Å². The maximum Gasteiger partial charge on any atom is 0.159 e.